The Kier molecular flexibility index (Phi) is 5.60. The van der Waals surface area contributed by atoms with Crippen LogP contribution >= 0.6 is 0 Å². The summed E-state index contributed by atoms with van der Waals surface area (Å²) < 4.78 is 27.4. The highest BCUT2D eigenvalue weighted by Gasteiger charge is 2.28. The van der Waals surface area contributed by atoms with E-state index in [1.54, 1.807) is 30.5 Å². The van der Waals surface area contributed by atoms with E-state index in [2.05, 4.69) is 10.3 Å². The number of carbonyl (C=O) groups is 1. The van der Waals surface area contributed by atoms with Crippen molar-refractivity contribution >= 4 is 34.6 Å². The molecule has 3 aliphatic heterocycles. The molecule has 38 heavy (non-hydrogen) atoms. The lowest BCUT2D eigenvalue weighted by atomic mass is 10.0. The van der Waals surface area contributed by atoms with Gasteiger partial charge in [-0.2, -0.15) is 0 Å². The Morgan fingerprint density at radius 3 is 2.58 bits per heavy atom. The van der Waals surface area contributed by atoms with Gasteiger partial charge >= 0.3 is 0 Å². The molecule has 2 aromatic carbocycles. The molecule has 2 N–H and O–H groups in total. The third-order valence-electron chi connectivity index (χ3n) is 7.16. The van der Waals surface area contributed by atoms with Crippen LogP contribution in [-0.2, 0) is 11.3 Å². The third-order valence-corrected chi connectivity index (χ3v) is 7.16. The summed E-state index contributed by atoms with van der Waals surface area (Å²) >= 11 is 0. The molecular weight excluding hydrogens is 486 g/mol. The second-order valence-electron chi connectivity index (χ2n) is 9.48. The molecule has 0 aromatic heterocycles. The number of anilines is 3. The van der Waals surface area contributed by atoms with E-state index in [0.717, 1.165) is 22.5 Å². The molecule has 4 aliphatic rings. The molecule has 6 rings (SSSR count). The van der Waals surface area contributed by atoms with E-state index in [4.69, 9.17) is 0 Å². The number of halogens is 2. The highest BCUT2D eigenvalue weighted by atomic mass is 19.1. The van der Waals surface area contributed by atoms with Gasteiger partial charge in [0.1, 0.15) is 11.6 Å². The molecule has 0 saturated carbocycles. The van der Waals surface area contributed by atoms with Crippen molar-refractivity contribution in [2.45, 2.75) is 13.5 Å². The maximum atomic E-state index is 13.8. The molecule has 190 valence electrons. The van der Waals surface area contributed by atoms with Crippen molar-refractivity contribution in [1.29, 1.82) is 0 Å². The fraction of sp³-hybridized carbons (Fsp3) is 0.133. The van der Waals surface area contributed by atoms with Gasteiger partial charge in [0.25, 0.3) is 11.5 Å². The van der Waals surface area contributed by atoms with Crippen LogP contribution in [0.15, 0.2) is 71.7 Å². The summed E-state index contributed by atoms with van der Waals surface area (Å²) in [7, 11) is 1.83. The van der Waals surface area contributed by atoms with Gasteiger partial charge < -0.3 is 20.1 Å². The van der Waals surface area contributed by atoms with Gasteiger partial charge in [0.05, 0.1) is 22.5 Å². The monoisotopic (exact) mass is 510 g/mol. The fourth-order valence-electron chi connectivity index (χ4n) is 5.20. The Hall–Kier alpha value is -4.72. The number of aromatic nitrogens is 1. The second-order valence-corrected chi connectivity index (χ2v) is 9.48. The standard InChI is InChI=1S/C30H24F2N4O2/c1-17-3-4-20(32)15-18(17)16-33-29(37)23-11-13-35(2)28-22(23)9-10-25-26-24(34-30(38)27(26)28)12-14-36(25)21-7-5-19(31)6-8-21/h3-13,15H,14,16H2,1-2H3,(H,33,37)(H,34,38). The van der Waals surface area contributed by atoms with Gasteiger partial charge in [-0.25, -0.2) is 8.78 Å². The van der Waals surface area contributed by atoms with Crippen molar-refractivity contribution in [3.05, 3.63) is 111 Å². The SMILES string of the molecule is Cc1ccc(F)cc1CNC(=O)C1=c2ccc3c4c([nH]c(=O)c-4c2N(C)C=C1)=CCN3c1ccc(F)cc1. The van der Waals surface area contributed by atoms with Gasteiger partial charge in [0, 0.05) is 48.2 Å². The van der Waals surface area contributed by atoms with Crippen LogP contribution in [0.25, 0.3) is 22.8 Å². The largest absolute Gasteiger partial charge is 0.350 e. The lowest BCUT2D eigenvalue weighted by Gasteiger charge is -2.27. The predicted molar refractivity (Wildman–Crippen MR) is 145 cm³/mol. The first-order valence-electron chi connectivity index (χ1n) is 12.2. The minimum Gasteiger partial charge on any atom is -0.350 e. The predicted octanol–water partition coefficient (Wildman–Crippen LogP) is 3.43. The summed E-state index contributed by atoms with van der Waals surface area (Å²) in [5.74, 6) is -1.03. The lowest BCUT2D eigenvalue weighted by Crippen LogP contribution is -2.32. The first kappa shape index (κ1) is 23.7. The van der Waals surface area contributed by atoms with E-state index < -0.39 is 0 Å². The Balaban J connectivity index is 1.51. The van der Waals surface area contributed by atoms with Crippen molar-refractivity contribution in [3.63, 3.8) is 0 Å². The molecule has 0 bridgehead atoms. The number of rotatable bonds is 4. The van der Waals surface area contributed by atoms with E-state index in [0.29, 0.717) is 39.5 Å². The topological polar surface area (TPSA) is 68.4 Å². The fourth-order valence-corrected chi connectivity index (χ4v) is 5.20. The molecule has 0 atom stereocenters. The number of carbonyl (C=O) groups excluding carboxylic acids is 1. The number of nitrogens with one attached hydrogen (secondary N) is 2. The van der Waals surface area contributed by atoms with Gasteiger partial charge in [0.15, 0.2) is 0 Å². The number of aromatic amines is 1. The lowest BCUT2D eigenvalue weighted by molar-refractivity contribution is -0.115. The van der Waals surface area contributed by atoms with E-state index in [1.165, 1.54) is 24.3 Å². The number of H-pyrrole nitrogens is 1. The van der Waals surface area contributed by atoms with Gasteiger partial charge in [-0.05, 0) is 78.7 Å². The summed E-state index contributed by atoms with van der Waals surface area (Å²) in [5.41, 5.74) is 5.09. The van der Waals surface area contributed by atoms with Crippen LogP contribution in [0, 0.1) is 18.6 Å². The zero-order valence-corrected chi connectivity index (χ0v) is 20.8. The average molecular weight is 511 g/mol. The van der Waals surface area contributed by atoms with Gasteiger partial charge in [-0.3, -0.25) is 9.59 Å². The van der Waals surface area contributed by atoms with Gasteiger partial charge in [0.2, 0.25) is 0 Å². The summed E-state index contributed by atoms with van der Waals surface area (Å²) in [5, 5.41) is 4.22. The Morgan fingerprint density at radius 2 is 1.79 bits per heavy atom. The molecule has 0 unspecified atom stereocenters. The van der Waals surface area contributed by atoms with Crippen molar-refractivity contribution in [1.82, 2.24) is 10.3 Å². The first-order valence-corrected chi connectivity index (χ1v) is 12.2. The Bertz CT molecular complexity index is 1790. The highest BCUT2D eigenvalue weighted by Crippen LogP contribution is 2.37. The number of hydrogen-bond acceptors (Lipinski definition) is 4. The number of nitrogens with zero attached hydrogens (tertiary/aromatic N) is 2. The van der Waals surface area contributed by atoms with E-state index >= 15 is 0 Å². The van der Waals surface area contributed by atoms with Crippen LogP contribution in [-0.4, -0.2) is 24.5 Å². The minimum atomic E-state index is -0.363. The molecule has 6 nitrogen and oxygen atoms in total. The van der Waals surface area contributed by atoms with E-state index in [1.807, 2.05) is 42.0 Å². The molecule has 1 amide bonds. The molecule has 0 fully saturated rings. The zero-order chi connectivity index (χ0) is 26.6. The van der Waals surface area contributed by atoms with Crippen LogP contribution in [0.4, 0.5) is 25.8 Å². The maximum absolute atomic E-state index is 13.8. The molecule has 0 spiro atoms. The van der Waals surface area contributed by atoms with Crippen molar-refractivity contribution in [2.75, 3.05) is 23.4 Å². The normalized spacial score (nSPS) is 13.9. The molecule has 0 saturated heterocycles. The molecule has 0 radical (unpaired) electrons. The number of aryl methyl sites for hydroxylation is 1. The smallest absolute Gasteiger partial charge is 0.258 e. The van der Waals surface area contributed by atoms with Crippen LogP contribution in [0.3, 0.4) is 0 Å². The molecular formula is C30H24F2N4O2. The molecule has 1 aliphatic carbocycles. The third kappa shape index (κ3) is 3.85. The first-order chi connectivity index (χ1) is 18.3. The Labute approximate surface area is 217 Å². The highest BCUT2D eigenvalue weighted by molar-refractivity contribution is 6.18. The maximum Gasteiger partial charge on any atom is 0.258 e. The van der Waals surface area contributed by atoms with Crippen LogP contribution in [0.1, 0.15) is 11.1 Å². The summed E-state index contributed by atoms with van der Waals surface area (Å²) in [6.07, 6.45) is 5.40. The quantitative estimate of drug-likeness (QED) is 0.442. The van der Waals surface area contributed by atoms with Crippen molar-refractivity contribution in [2.24, 2.45) is 0 Å². The van der Waals surface area contributed by atoms with Gasteiger partial charge in [-0.15, -0.1) is 0 Å². The molecule has 2 aromatic rings. The summed E-state index contributed by atoms with van der Waals surface area (Å²) in [4.78, 5) is 33.5. The average Bonchev–Trinajstić information content (AvgIpc) is 3.11. The minimum absolute atomic E-state index is 0.166. The van der Waals surface area contributed by atoms with E-state index in [9.17, 15) is 18.4 Å². The van der Waals surface area contributed by atoms with Gasteiger partial charge in [-0.1, -0.05) is 6.07 Å². The Morgan fingerprint density at radius 1 is 1.03 bits per heavy atom. The molecule has 3 heterocycles. The van der Waals surface area contributed by atoms with Crippen LogP contribution in [0.5, 0.6) is 0 Å². The molecule has 8 heteroatoms. The van der Waals surface area contributed by atoms with Crippen LogP contribution < -0.4 is 31.2 Å². The zero-order valence-electron chi connectivity index (χ0n) is 20.8. The van der Waals surface area contributed by atoms with Crippen molar-refractivity contribution in [3.8, 4) is 11.1 Å². The number of benzene rings is 2. The summed E-state index contributed by atoms with van der Waals surface area (Å²) in [6, 6.07) is 14.4. The van der Waals surface area contributed by atoms with E-state index in [-0.39, 0.29) is 29.6 Å². The second kappa shape index (κ2) is 8.99. The number of fused-ring (bicyclic) bond motifs is 2. The van der Waals surface area contributed by atoms with Crippen molar-refractivity contribution < 1.29 is 13.6 Å². The van der Waals surface area contributed by atoms with Crippen LogP contribution in [0.2, 0.25) is 0 Å². The summed E-state index contributed by atoms with van der Waals surface area (Å²) in [6.45, 7) is 2.52. The number of hydrogen-bond donors (Lipinski definition) is 2. The number of amides is 1.